The van der Waals surface area contributed by atoms with Gasteiger partial charge in [0.25, 0.3) is 0 Å². The number of hydrogen-bond acceptors (Lipinski definition) is 4. The van der Waals surface area contributed by atoms with Gasteiger partial charge in [0.2, 0.25) is 10.0 Å². The number of nitrogens with zero attached hydrogens (tertiary/aromatic N) is 1. The average Bonchev–Trinajstić information content (AvgIpc) is 2.61. The molecule has 28 heavy (non-hydrogen) atoms. The van der Waals surface area contributed by atoms with E-state index in [1.807, 2.05) is 6.07 Å². The van der Waals surface area contributed by atoms with Crippen molar-refractivity contribution in [1.82, 2.24) is 4.98 Å². The molecule has 0 aliphatic rings. The van der Waals surface area contributed by atoms with E-state index in [1.54, 1.807) is 30.3 Å². The smallest absolute Gasteiger partial charge is 0.355 e. The van der Waals surface area contributed by atoms with Crippen molar-refractivity contribution >= 4 is 27.2 Å². The molecule has 3 rings (SSSR count). The van der Waals surface area contributed by atoms with Crippen LogP contribution in [0.25, 0.3) is 11.1 Å². The molecule has 0 aliphatic heterocycles. The summed E-state index contributed by atoms with van der Waals surface area (Å²) in [5, 5.41) is 3.09. The van der Waals surface area contributed by atoms with Gasteiger partial charge >= 0.3 is 6.18 Å². The van der Waals surface area contributed by atoms with Crippen molar-refractivity contribution in [3.05, 3.63) is 72.4 Å². The summed E-state index contributed by atoms with van der Waals surface area (Å²) in [5.74, 6) is 0.171. The summed E-state index contributed by atoms with van der Waals surface area (Å²) in [6.45, 7) is 0. The van der Waals surface area contributed by atoms with E-state index in [-0.39, 0.29) is 5.82 Å². The molecule has 2 N–H and O–H groups in total. The SMILES string of the molecule is CS(=O)(=O)Nc1cc(-c2ccccc2Nc2ccc(C(F)(F)F)cc2)ccn1. The zero-order valence-electron chi connectivity index (χ0n) is 14.7. The number of nitrogens with one attached hydrogen (secondary N) is 2. The van der Waals surface area contributed by atoms with Gasteiger partial charge in [-0.05, 0) is 48.0 Å². The van der Waals surface area contributed by atoms with Crippen LogP contribution in [0, 0.1) is 0 Å². The van der Waals surface area contributed by atoms with Crippen LogP contribution in [-0.2, 0) is 16.2 Å². The summed E-state index contributed by atoms with van der Waals surface area (Å²) in [4.78, 5) is 3.98. The molecule has 0 spiro atoms. The second-order valence-corrected chi connectivity index (χ2v) is 7.80. The molecule has 0 saturated carbocycles. The maximum absolute atomic E-state index is 12.7. The number of alkyl halides is 3. The largest absolute Gasteiger partial charge is 0.416 e. The summed E-state index contributed by atoms with van der Waals surface area (Å²) >= 11 is 0. The lowest BCUT2D eigenvalue weighted by atomic mass is 10.0. The predicted octanol–water partition coefficient (Wildman–Crippen LogP) is 4.88. The van der Waals surface area contributed by atoms with Crippen LogP contribution in [0.5, 0.6) is 0 Å². The summed E-state index contributed by atoms with van der Waals surface area (Å²) in [5.41, 5.74) is 1.84. The summed E-state index contributed by atoms with van der Waals surface area (Å²) in [6.07, 6.45) is -1.89. The first kappa shape index (κ1) is 19.7. The summed E-state index contributed by atoms with van der Waals surface area (Å²) in [6, 6.07) is 15.2. The third-order valence-electron chi connectivity index (χ3n) is 3.78. The lowest BCUT2D eigenvalue weighted by molar-refractivity contribution is -0.137. The average molecular weight is 407 g/mol. The topological polar surface area (TPSA) is 71.1 Å². The van der Waals surface area contributed by atoms with Gasteiger partial charge < -0.3 is 5.32 Å². The number of aromatic nitrogens is 1. The van der Waals surface area contributed by atoms with E-state index in [4.69, 9.17) is 0 Å². The van der Waals surface area contributed by atoms with Gasteiger partial charge in [-0.2, -0.15) is 13.2 Å². The molecule has 146 valence electrons. The van der Waals surface area contributed by atoms with Crippen molar-refractivity contribution in [3.63, 3.8) is 0 Å². The molecule has 0 radical (unpaired) electrons. The molecule has 1 aromatic heterocycles. The molecular formula is C19H16F3N3O2S. The Morgan fingerprint density at radius 3 is 2.29 bits per heavy atom. The number of pyridine rings is 1. The van der Waals surface area contributed by atoms with Gasteiger partial charge in [0.1, 0.15) is 5.82 Å². The minimum atomic E-state index is -4.39. The summed E-state index contributed by atoms with van der Waals surface area (Å²) in [7, 11) is -3.47. The second-order valence-electron chi connectivity index (χ2n) is 6.05. The second kappa shape index (κ2) is 7.51. The third kappa shape index (κ3) is 5.01. The molecule has 9 heteroatoms. The van der Waals surface area contributed by atoms with Crippen molar-refractivity contribution in [2.45, 2.75) is 6.18 Å². The fraction of sp³-hybridized carbons (Fsp3) is 0.105. The Morgan fingerprint density at radius 1 is 0.964 bits per heavy atom. The molecular weight excluding hydrogens is 391 g/mol. The molecule has 0 atom stereocenters. The van der Waals surface area contributed by atoms with Gasteiger partial charge in [0, 0.05) is 23.1 Å². The molecule has 0 bridgehead atoms. The van der Waals surface area contributed by atoms with E-state index >= 15 is 0 Å². The molecule has 5 nitrogen and oxygen atoms in total. The van der Waals surface area contributed by atoms with Crippen LogP contribution < -0.4 is 10.0 Å². The maximum Gasteiger partial charge on any atom is 0.416 e. The van der Waals surface area contributed by atoms with E-state index in [0.29, 0.717) is 16.9 Å². The van der Waals surface area contributed by atoms with Gasteiger partial charge in [-0.3, -0.25) is 4.72 Å². The molecule has 2 aromatic carbocycles. The number of para-hydroxylation sites is 1. The van der Waals surface area contributed by atoms with Crippen molar-refractivity contribution in [3.8, 4) is 11.1 Å². The van der Waals surface area contributed by atoms with Crippen LogP contribution in [-0.4, -0.2) is 19.7 Å². The quantitative estimate of drug-likeness (QED) is 0.632. The first-order chi connectivity index (χ1) is 13.1. The predicted molar refractivity (Wildman–Crippen MR) is 103 cm³/mol. The Bertz CT molecular complexity index is 1080. The van der Waals surface area contributed by atoms with Crippen LogP contribution in [0.1, 0.15) is 5.56 Å². The zero-order valence-corrected chi connectivity index (χ0v) is 15.5. The Balaban J connectivity index is 1.91. The van der Waals surface area contributed by atoms with Gasteiger partial charge in [-0.15, -0.1) is 0 Å². The number of rotatable bonds is 5. The molecule has 0 saturated heterocycles. The van der Waals surface area contributed by atoms with Gasteiger partial charge in [-0.25, -0.2) is 13.4 Å². The molecule has 0 unspecified atom stereocenters. The number of benzene rings is 2. The lowest BCUT2D eigenvalue weighted by Crippen LogP contribution is -2.10. The number of anilines is 3. The molecule has 0 fully saturated rings. The highest BCUT2D eigenvalue weighted by atomic mass is 32.2. The number of halogens is 3. The molecule has 1 heterocycles. The van der Waals surface area contributed by atoms with Crippen molar-refractivity contribution < 1.29 is 21.6 Å². The van der Waals surface area contributed by atoms with Crippen LogP contribution in [0.2, 0.25) is 0 Å². The Labute approximate surface area is 160 Å². The van der Waals surface area contributed by atoms with E-state index in [1.165, 1.54) is 18.3 Å². The van der Waals surface area contributed by atoms with E-state index in [2.05, 4.69) is 15.0 Å². The van der Waals surface area contributed by atoms with E-state index < -0.39 is 21.8 Å². The molecule has 3 aromatic rings. The van der Waals surface area contributed by atoms with E-state index in [0.717, 1.165) is 24.0 Å². The van der Waals surface area contributed by atoms with Gasteiger partial charge in [-0.1, -0.05) is 18.2 Å². The summed E-state index contributed by atoms with van der Waals surface area (Å²) < 4.78 is 63.3. The van der Waals surface area contributed by atoms with Crippen LogP contribution in [0.3, 0.4) is 0 Å². The molecule has 0 aliphatic carbocycles. The Hall–Kier alpha value is -3.07. The van der Waals surface area contributed by atoms with Gasteiger partial charge in [0.05, 0.1) is 11.8 Å². The van der Waals surface area contributed by atoms with Crippen molar-refractivity contribution in [2.24, 2.45) is 0 Å². The van der Waals surface area contributed by atoms with Gasteiger partial charge in [0.15, 0.2) is 0 Å². The van der Waals surface area contributed by atoms with E-state index in [9.17, 15) is 21.6 Å². The Kier molecular flexibility index (Phi) is 5.28. The highest BCUT2D eigenvalue weighted by Gasteiger charge is 2.29. The highest BCUT2D eigenvalue weighted by Crippen LogP contribution is 2.33. The number of sulfonamides is 1. The maximum atomic E-state index is 12.7. The fourth-order valence-corrected chi connectivity index (χ4v) is 3.08. The Morgan fingerprint density at radius 2 is 1.64 bits per heavy atom. The van der Waals surface area contributed by atoms with Crippen molar-refractivity contribution in [1.29, 1.82) is 0 Å². The zero-order chi connectivity index (χ0) is 20.4. The monoisotopic (exact) mass is 407 g/mol. The van der Waals surface area contributed by atoms with Crippen LogP contribution >= 0.6 is 0 Å². The minimum absolute atomic E-state index is 0.171. The highest BCUT2D eigenvalue weighted by molar-refractivity contribution is 7.92. The fourth-order valence-electron chi connectivity index (χ4n) is 2.59. The van der Waals surface area contributed by atoms with Crippen LogP contribution in [0.15, 0.2) is 66.9 Å². The minimum Gasteiger partial charge on any atom is -0.355 e. The molecule has 0 amide bonds. The lowest BCUT2D eigenvalue weighted by Gasteiger charge is -2.14. The number of hydrogen-bond donors (Lipinski definition) is 2. The standard InChI is InChI=1S/C19H16F3N3O2S/c1-28(26,27)25-18-12-13(10-11-23-18)16-4-2-3-5-17(16)24-15-8-6-14(7-9-15)19(20,21)22/h2-12,24H,1H3,(H,23,25). The third-order valence-corrected chi connectivity index (χ3v) is 4.36. The van der Waals surface area contributed by atoms with Crippen molar-refractivity contribution in [2.75, 3.05) is 16.3 Å². The first-order valence-corrected chi connectivity index (χ1v) is 9.98. The first-order valence-electron chi connectivity index (χ1n) is 8.09. The van der Waals surface area contributed by atoms with Crippen LogP contribution in [0.4, 0.5) is 30.4 Å². The normalized spacial score (nSPS) is 11.9.